The minimum Gasteiger partial charge on any atom is -0.431 e. The Labute approximate surface area is 186 Å². The largest absolute Gasteiger partial charge is 0.431 e. The molecule has 1 fully saturated rings. The van der Waals surface area contributed by atoms with E-state index in [0.717, 1.165) is 30.6 Å². The molecule has 1 atom stereocenters. The molecule has 1 N–H and O–H groups in total. The molecular weight excluding hydrogens is 414 g/mol. The summed E-state index contributed by atoms with van der Waals surface area (Å²) in [6.45, 7) is 3.27. The zero-order valence-electron chi connectivity index (χ0n) is 18.0. The summed E-state index contributed by atoms with van der Waals surface area (Å²) in [5.74, 6) is 6.85. The maximum Gasteiger partial charge on any atom is 0.415 e. The predicted molar refractivity (Wildman–Crippen MR) is 119 cm³/mol. The van der Waals surface area contributed by atoms with Crippen molar-refractivity contribution in [3.63, 3.8) is 0 Å². The minimum absolute atomic E-state index is 0.120. The SMILES string of the molecule is CC(=O)NC(C)C#Cc1cnc(Oc2ccc(OC(=O)N(C)C3CCCCC3)cc2)s1. The van der Waals surface area contributed by atoms with Crippen LogP contribution < -0.4 is 14.8 Å². The fourth-order valence-corrected chi connectivity index (χ4v) is 4.00. The van der Waals surface area contributed by atoms with Gasteiger partial charge < -0.3 is 19.7 Å². The summed E-state index contributed by atoms with van der Waals surface area (Å²) >= 11 is 1.31. The van der Waals surface area contributed by atoms with E-state index in [1.165, 1.54) is 24.7 Å². The van der Waals surface area contributed by atoms with Crippen LogP contribution in [0.2, 0.25) is 0 Å². The molecule has 8 heteroatoms. The number of amides is 2. The van der Waals surface area contributed by atoms with Crippen molar-refractivity contribution in [3.05, 3.63) is 35.3 Å². The van der Waals surface area contributed by atoms with Crippen molar-refractivity contribution in [2.75, 3.05) is 7.05 Å². The van der Waals surface area contributed by atoms with E-state index in [9.17, 15) is 9.59 Å². The molecule has 1 aliphatic carbocycles. The van der Waals surface area contributed by atoms with Gasteiger partial charge in [0.15, 0.2) is 0 Å². The van der Waals surface area contributed by atoms with Crippen LogP contribution in [0.15, 0.2) is 30.5 Å². The number of carbonyl (C=O) groups excluding carboxylic acids is 2. The summed E-state index contributed by atoms with van der Waals surface area (Å²) in [5.41, 5.74) is 0. The molecule has 2 amide bonds. The zero-order valence-corrected chi connectivity index (χ0v) is 18.8. The molecule has 0 aliphatic heterocycles. The second-order valence-electron chi connectivity index (χ2n) is 7.53. The van der Waals surface area contributed by atoms with E-state index >= 15 is 0 Å². The van der Waals surface area contributed by atoms with Gasteiger partial charge in [0.2, 0.25) is 5.91 Å². The summed E-state index contributed by atoms with van der Waals surface area (Å²) in [7, 11) is 1.80. The molecule has 1 aromatic carbocycles. The first-order chi connectivity index (χ1) is 14.9. The van der Waals surface area contributed by atoms with Crippen LogP contribution in [0.4, 0.5) is 4.79 Å². The molecule has 1 aliphatic rings. The van der Waals surface area contributed by atoms with Crippen LogP contribution >= 0.6 is 11.3 Å². The highest BCUT2D eigenvalue weighted by Crippen LogP contribution is 2.28. The van der Waals surface area contributed by atoms with Crippen molar-refractivity contribution in [2.24, 2.45) is 0 Å². The van der Waals surface area contributed by atoms with E-state index in [2.05, 4.69) is 22.1 Å². The van der Waals surface area contributed by atoms with Crippen LogP contribution in [0.1, 0.15) is 50.8 Å². The monoisotopic (exact) mass is 441 g/mol. The molecule has 3 rings (SSSR count). The Morgan fingerprint density at radius 1 is 1.19 bits per heavy atom. The normalized spacial score (nSPS) is 14.7. The highest BCUT2D eigenvalue weighted by Gasteiger charge is 2.23. The number of thiazole rings is 1. The number of benzene rings is 1. The quantitative estimate of drug-likeness (QED) is 0.687. The van der Waals surface area contributed by atoms with Gasteiger partial charge in [0, 0.05) is 20.0 Å². The average molecular weight is 442 g/mol. The summed E-state index contributed by atoms with van der Waals surface area (Å²) in [6.07, 6.45) is 6.92. The maximum atomic E-state index is 12.4. The van der Waals surface area contributed by atoms with E-state index in [1.54, 1.807) is 42.4 Å². The van der Waals surface area contributed by atoms with E-state index in [-0.39, 0.29) is 24.1 Å². The Morgan fingerprint density at radius 3 is 2.55 bits per heavy atom. The molecular formula is C23H27N3O4S. The van der Waals surface area contributed by atoms with Crippen LogP contribution in [-0.4, -0.2) is 41.0 Å². The smallest absolute Gasteiger partial charge is 0.415 e. The maximum absolute atomic E-state index is 12.4. The van der Waals surface area contributed by atoms with Gasteiger partial charge in [-0.2, -0.15) is 0 Å². The second kappa shape index (κ2) is 10.8. The van der Waals surface area contributed by atoms with Gasteiger partial charge in [-0.25, -0.2) is 9.78 Å². The van der Waals surface area contributed by atoms with Crippen molar-refractivity contribution in [2.45, 2.75) is 58.0 Å². The van der Waals surface area contributed by atoms with E-state index in [0.29, 0.717) is 16.7 Å². The molecule has 1 saturated carbocycles. The molecule has 1 heterocycles. The van der Waals surface area contributed by atoms with Crippen LogP contribution in [0, 0.1) is 11.8 Å². The van der Waals surface area contributed by atoms with Gasteiger partial charge in [-0.15, -0.1) is 0 Å². The van der Waals surface area contributed by atoms with Crippen molar-refractivity contribution in [1.29, 1.82) is 0 Å². The lowest BCUT2D eigenvalue weighted by Gasteiger charge is -2.30. The first kappa shape index (κ1) is 22.6. The molecule has 0 saturated heterocycles. The van der Waals surface area contributed by atoms with Crippen molar-refractivity contribution in [3.8, 4) is 28.5 Å². The highest BCUT2D eigenvalue weighted by atomic mass is 32.1. The van der Waals surface area contributed by atoms with Gasteiger partial charge in [0.1, 0.15) is 16.4 Å². The third-order valence-electron chi connectivity index (χ3n) is 4.96. The highest BCUT2D eigenvalue weighted by molar-refractivity contribution is 7.13. The zero-order chi connectivity index (χ0) is 22.2. The summed E-state index contributed by atoms with van der Waals surface area (Å²) in [5, 5.41) is 3.16. The molecule has 0 bridgehead atoms. The third kappa shape index (κ3) is 7.00. The number of nitrogens with one attached hydrogen (secondary N) is 1. The second-order valence-corrected chi connectivity index (χ2v) is 8.52. The number of hydrogen-bond donors (Lipinski definition) is 1. The van der Waals surface area contributed by atoms with Crippen molar-refractivity contribution in [1.82, 2.24) is 15.2 Å². The number of aromatic nitrogens is 1. The minimum atomic E-state index is -0.336. The summed E-state index contributed by atoms with van der Waals surface area (Å²) < 4.78 is 11.2. The third-order valence-corrected chi connectivity index (χ3v) is 5.75. The summed E-state index contributed by atoms with van der Waals surface area (Å²) in [4.78, 5) is 30.1. The molecule has 1 unspecified atom stereocenters. The number of hydrogen-bond acceptors (Lipinski definition) is 6. The number of nitrogens with zero attached hydrogens (tertiary/aromatic N) is 2. The van der Waals surface area contributed by atoms with Crippen LogP contribution in [0.25, 0.3) is 0 Å². The van der Waals surface area contributed by atoms with Gasteiger partial charge in [-0.3, -0.25) is 4.79 Å². The molecule has 0 spiro atoms. The predicted octanol–water partition coefficient (Wildman–Crippen LogP) is 4.57. The van der Waals surface area contributed by atoms with Gasteiger partial charge in [-0.05, 0) is 44.0 Å². The van der Waals surface area contributed by atoms with E-state index in [1.807, 2.05) is 6.92 Å². The molecule has 1 aromatic heterocycles. The topological polar surface area (TPSA) is 80.8 Å². The lowest BCUT2D eigenvalue weighted by molar-refractivity contribution is -0.119. The van der Waals surface area contributed by atoms with Gasteiger partial charge in [0.25, 0.3) is 5.19 Å². The molecule has 31 heavy (non-hydrogen) atoms. The Hall–Kier alpha value is -3.05. The Bertz CT molecular complexity index is 955. The fraction of sp³-hybridized carbons (Fsp3) is 0.435. The summed E-state index contributed by atoms with van der Waals surface area (Å²) in [6, 6.07) is 6.88. The molecule has 7 nitrogen and oxygen atoms in total. The first-order valence-corrected chi connectivity index (χ1v) is 11.2. The van der Waals surface area contributed by atoms with E-state index in [4.69, 9.17) is 9.47 Å². The number of carbonyl (C=O) groups is 2. The molecule has 164 valence electrons. The van der Waals surface area contributed by atoms with Crippen LogP contribution in [-0.2, 0) is 4.79 Å². The first-order valence-electron chi connectivity index (χ1n) is 10.4. The standard InChI is InChI=1S/C23H27N3O4S/c1-16(25-17(2)27)9-14-21-15-24-22(31-21)29-19-10-12-20(13-11-19)30-23(28)26(3)18-7-5-4-6-8-18/h10-13,15-16,18H,4-8H2,1-3H3,(H,25,27). The number of ether oxygens (including phenoxy) is 2. The Balaban J connectivity index is 1.52. The van der Waals surface area contributed by atoms with Gasteiger partial charge in [0.05, 0.1) is 12.2 Å². The van der Waals surface area contributed by atoms with Crippen LogP contribution in [0.3, 0.4) is 0 Å². The van der Waals surface area contributed by atoms with Gasteiger partial charge >= 0.3 is 6.09 Å². The number of rotatable bonds is 5. The van der Waals surface area contributed by atoms with E-state index < -0.39 is 0 Å². The molecule has 0 radical (unpaired) electrons. The Kier molecular flexibility index (Phi) is 7.90. The Morgan fingerprint density at radius 2 is 1.87 bits per heavy atom. The fourth-order valence-electron chi connectivity index (χ4n) is 3.35. The lowest BCUT2D eigenvalue weighted by Crippen LogP contribution is -2.39. The van der Waals surface area contributed by atoms with Gasteiger partial charge in [-0.1, -0.05) is 42.4 Å². The lowest BCUT2D eigenvalue weighted by atomic mass is 9.95. The van der Waals surface area contributed by atoms with Crippen molar-refractivity contribution >= 4 is 23.3 Å². The van der Waals surface area contributed by atoms with Crippen LogP contribution in [0.5, 0.6) is 16.7 Å². The molecule has 2 aromatic rings. The van der Waals surface area contributed by atoms with Crippen molar-refractivity contribution < 1.29 is 19.1 Å². The average Bonchev–Trinajstić information content (AvgIpc) is 3.20.